The van der Waals surface area contributed by atoms with Gasteiger partial charge in [0.1, 0.15) is 0 Å². The van der Waals surface area contributed by atoms with E-state index in [0.717, 1.165) is 19.2 Å². The standard InChI is InChI=1S/C8H7F3O2S/c1-13-14(12)7-5-3-2-4-6(7)8(9,10)11/h2-5H,1H3. The van der Waals surface area contributed by atoms with E-state index >= 15 is 0 Å². The Balaban J connectivity index is 3.23. The molecule has 6 heteroatoms. The lowest BCUT2D eigenvalue weighted by molar-refractivity contribution is -0.139. The molecule has 0 aliphatic rings. The van der Waals surface area contributed by atoms with Crippen LogP contribution >= 0.6 is 0 Å². The van der Waals surface area contributed by atoms with E-state index < -0.39 is 22.8 Å². The van der Waals surface area contributed by atoms with Gasteiger partial charge in [0.15, 0.2) is 11.1 Å². The molecule has 0 N–H and O–H groups in total. The number of hydrogen-bond donors (Lipinski definition) is 0. The summed E-state index contributed by atoms with van der Waals surface area (Å²) in [7, 11) is 1.09. The zero-order valence-electron chi connectivity index (χ0n) is 7.17. The van der Waals surface area contributed by atoms with Crippen molar-refractivity contribution in [2.45, 2.75) is 11.1 Å². The summed E-state index contributed by atoms with van der Waals surface area (Å²) < 4.78 is 52.5. The Kier molecular flexibility index (Phi) is 3.28. The van der Waals surface area contributed by atoms with E-state index in [1.165, 1.54) is 12.1 Å². The van der Waals surface area contributed by atoms with Gasteiger partial charge in [-0.2, -0.15) is 13.2 Å². The van der Waals surface area contributed by atoms with Crippen LogP contribution in [0.4, 0.5) is 13.2 Å². The molecule has 0 aromatic heterocycles. The third-order valence-corrected chi connectivity index (χ3v) is 2.54. The van der Waals surface area contributed by atoms with E-state index in [2.05, 4.69) is 4.18 Å². The summed E-state index contributed by atoms with van der Waals surface area (Å²) in [5, 5.41) is 0. The lowest BCUT2D eigenvalue weighted by atomic mass is 10.2. The number of rotatable bonds is 2. The zero-order valence-corrected chi connectivity index (χ0v) is 7.98. The van der Waals surface area contributed by atoms with E-state index in [0.29, 0.717) is 0 Å². The van der Waals surface area contributed by atoms with Gasteiger partial charge in [0.25, 0.3) is 0 Å². The molecule has 0 fully saturated rings. The van der Waals surface area contributed by atoms with Crippen molar-refractivity contribution in [3.8, 4) is 0 Å². The van der Waals surface area contributed by atoms with E-state index in [9.17, 15) is 17.4 Å². The van der Waals surface area contributed by atoms with Crippen LogP contribution in [-0.4, -0.2) is 11.3 Å². The van der Waals surface area contributed by atoms with Gasteiger partial charge < -0.3 is 0 Å². The number of halogens is 3. The lowest BCUT2D eigenvalue weighted by Crippen LogP contribution is -2.10. The molecule has 14 heavy (non-hydrogen) atoms. The van der Waals surface area contributed by atoms with E-state index in [1.807, 2.05) is 0 Å². The minimum Gasteiger partial charge on any atom is -0.290 e. The normalized spacial score (nSPS) is 14.0. The molecule has 1 rings (SSSR count). The Hall–Kier alpha value is -0.880. The first-order valence-electron chi connectivity index (χ1n) is 3.59. The highest BCUT2D eigenvalue weighted by Gasteiger charge is 2.34. The predicted octanol–water partition coefficient (Wildman–Crippen LogP) is 2.37. The Morgan fingerprint density at radius 2 is 1.86 bits per heavy atom. The maximum atomic E-state index is 12.4. The van der Waals surface area contributed by atoms with Gasteiger partial charge in [-0.3, -0.25) is 4.18 Å². The average Bonchev–Trinajstić information content (AvgIpc) is 2.15. The van der Waals surface area contributed by atoms with Crippen molar-refractivity contribution in [2.75, 3.05) is 7.11 Å². The third-order valence-electron chi connectivity index (χ3n) is 1.52. The second-order valence-electron chi connectivity index (χ2n) is 2.40. The number of benzene rings is 1. The second-order valence-corrected chi connectivity index (χ2v) is 3.64. The first kappa shape index (κ1) is 11.2. The topological polar surface area (TPSA) is 26.3 Å². The molecule has 0 bridgehead atoms. The van der Waals surface area contributed by atoms with Gasteiger partial charge >= 0.3 is 6.18 Å². The van der Waals surface area contributed by atoms with Crippen LogP contribution in [0.3, 0.4) is 0 Å². The van der Waals surface area contributed by atoms with Crippen LogP contribution in [-0.2, 0) is 21.4 Å². The molecule has 0 heterocycles. The second kappa shape index (κ2) is 4.10. The molecule has 2 nitrogen and oxygen atoms in total. The number of alkyl halides is 3. The highest BCUT2D eigenvalue weighted by molar-refractivity contribution is 7.80. The summed E-state index contributed by atoms with van der Waals surface area (Å²) in [6, 6.07) is 4.61. The van der Waals surface area contributed by atoms with Crippen molar-refractivity contribution < 1.29 is 21.6 Å². The van der Waals surface area contributed by atoms with E-state index in [-0.39, 0.29) is 4.90 Å². The van der Waals surface area contributed by atoms with Crippen LogP contribution in [0.2, 0.25) is 0 Å². The minimum absolute atomic E-state index is 0.359. The molecule has 0 saturated heterocycles. The van der Waals surface area contributed by atoms with Crippen molar-refractivity contribution in [3.05, 3.63) is 29.8 Å². The van der Waals surface area contributed by atoms with Gasteiger partial charge in [-0.05, 0) is 12.1 Å². The van der Waals surface area contributed by atoms with Crippen molar-refractivity contribution in [3.63, 3.8) is 0 Å². The fourth-order valence-electron chi connectivity index (χ4n) is 0.936. The summed E-state index contributed by atoms with van der Waals surface area (Å²) in [6.45, 7) is 0. The first-order chi connectivity index (χ1) is 6.46. The van der Waals surface area contributed by atoms with Gasteiger partial charge in [-0.15, -0.1) is 0 Å². The third kappa shape index (κ3) is 2.33. The summed E-state index contributed by atoms with van der Waals surface area (Å²) in [5.74, 6) is 0. The monoisotopic (exact) mass is 224 g/mol. The molecule has 0 aliphatic heterocycles. The van der Waals surface area contributed by atoms with E-state index in [1.54, 1.807) is 0 Å². The van der Waals surface area contributed by atoms with Crippen LogP contribution in [0.1, 0.15) is 5.56 Å². The maximum absolute atomic E-state index is 12.4. The molecule has 1 atom stereocenters. The Labute approximate surface area is 81.4 Å². The molecule has 1 aromatic rings. The van der Waals surface area contributed by atoms with Gasteiger partial charge in [-0.25, -0.2) is 4.21 Å². The van der Waals surface area contributed by atoms with Gasteiger partial charge in [0, 0.05) is 0 Å². The molecule has 1 unspecified atom stereocenters. The van der Waals surface area contributed by atoms with Crippen molar-refractivity contribution in [2.24, 2.45) is 0 Å². The molecule has 78 valence electrons. The quantitative estimate of drug-likeness (QED) is 0.770. The SMILES string of the molecule is COS(=O)c1ccccc1C(F)(F)F. The summed E-state index contributed by atoms with van der Waals surface area (Å²) in [5.41, 5.74) is -0.930. The van der Waals surface area contributed by atoms with Crippen LogP contribution < -0.4 is 0 Å². The Morgan fingerprint density at radius 3 is 2.36 bits per heavy atom. The maximum Gasteiger partial charge on any atom is 0.417 e. The highest BCUT2D eigenvalue weighted by atomic mass is 32.2. The van der Waals surface area contributed by atoms with Crippen molar-refractivity contribution in [1.82, 2.24) is 0 Å². The minimum atomic E-state index is -4.51. The lowest BCUT2D eigenvalue weighted by Gasteiger charge is -2.10. The van der Waals surface area contributed by atoms with Crippen LogP contribution in [0.5, 0.6) is 0 Å². The summed E-state index contributed by atoms with van der Waals surface area (Å²) in [6.07, 6.45) is -4.51. The molecule has 0 saturated carbocycles. The summed E-state index contributed by atoms with van der Waals surface area (Å²) in [4.78, 5) is -0.359. The molecule has 0 aliphatic carbocycles. The van der Waals surface area contributed by atoms with Crippen molar-refractivity contribution in [1.29, 1.82) is 0 Å². The number of hydrogen-bond acceptors (Lipinski definition) is 2. The molecular formula is C8H7F3O2S. The fourth-order valence-corrected chi connectivity index (χ4v) is 1.67. The van der Waals surface area contributed by atoms with Crippen molar-refractivity contribution >= 4 is 11.1 Å². The van der Waals surface area contributed by atoms with E-state index in [4.69, 9.17) is 0 Å². The smallest absolute Gasteiger partial charge is 0.290 e. The molecule has 1 aromatic carbocycles. The molecule has 0 amide bonds. The molecule has 0 radical (unpaired) electrons. The molecule has 0 spiro atoms. The Bertz CT molecular complexity index is 349. The van der Waals surface area contributed by atoms with Gasteiger partial charge in [0.05, 0.1) is 17.6 Å². The highest BCUT2D eigenvalue weighted by Crippen LogP contribution is 2.33. The van der Waals surface area contributed by atoms with Crippen LogP contribution in [0.15, 0.2) is 29.2 Å². The fraction of sp³-hybridized carbons (Fsp3) is 0.250. The summed E-state index contributed by atoms with van der Waals surface area (Å²) >= 11 is -2.07. The van der Waals surface area contributed by atoms with Crippen LogP contribution in [0.25, 0.3) is 0 Å². The van der Waals surface area contributed by atoms with Gasteiger partial charge in [-0.1, -0.05) is 12.1 Å². The Morgan fingerprint density at radius 1 is 1.29 bits per heavy atom. The molecular weight excluding hydrogens is 217 g/mol. The largest absolute Gasteiger partial charge is 0.417 e. The van der Waals surface area contributed by atoms with Crippen LogP contribution in [0, 0.1) is 0 Å². The first-order valence-corrected chi connectivity index (χ1v) is 4.66. The zero-order chi connectivity index (χ0) is 10.8. The van der Waals surface area contributed by atoms with Gasteiger partial charge in [0.2, 0.25) is 0 Å². The average molecular weight is 224 g/mol. The predicted molar refractivity (Wildman–Crippen MR) is 44.9 cm³/mol.